The number of aryl methyl sites for hydroxylation is 1. The molecule has 1 amide bonds. The third-order valence-corrected chi connectivity index (χ3v) is 5.99. The molecule has 0 saturated carbocycles. The highest BCUT2D eigenvalue weighted by atomic mass is 32.1. The predicted molar refractivity (Wildman–Crippen MR) is 89.7 cm³/mol. The Morgan fingerprint density at radius 3 is 2.62 bits per heavy atom. The first-order chi connectivity index (χ1) is 10.00. The summed E-state index contributed by atoms with van der Waals surface area (Å²) in [5.41, 5.74) is -0.144. The fraction of sp³-hybridized carbons (Fsp3) is 0.706. The fourth-order valence-corrected chi connectivity index (χ4v) is 4.35. The molecular formula is C17H28N2OS. The van der Waals surface area contributed by atoms with Crippen LogP contribution < -0.4 is 5.32 Å². The summed E-state index contributed by atoms with van der Waals surface area (Å²) in [6.45, 7) is 8.37. The van der Waals surface area contributed by atoms with Crippen molar-refractivity contribution in [2.75, 3.05) is 20.1 Å². The van der Waals surface area contributed by atoms with Gasteiger partial charge in [-0.25, -0.2) is 0 Å². The highest BCUT2D eigenvalue weighted by Gasteiger charge is 2.41. The van der Waals surface area contributed by atoms with Crippen LogP contribution in [0.5, 0.6) is 0 Å². The number of nitrogens with one attached hydrogen (secondary N) is 1. The van der Waals surface area contributed by atoms with Crippen LogP contribution in [0.1, 0.15) is 55.3 Å². The number of amides is 1. The molecule has 1 aromatic rings. The standard InChI is InChI=1S/C17H28N2OS/c1-5-8-17(9-11-18-12-10-17)16(20)19(4)14(3)15-7-6-13(2)21-15/h6-7,14,18H,5,8-12H2,1-4H3. The van der Waals surface area contributed by atoms with E-state index in [2.05, 4.69) is 38.2 Å². The normalized spacial score (nSPS) is 19.2. The van der Waals surface area contributed by atoms with Crippen molar-refractivity contribution in [1.82, 2.24) is 10.2 Å². The van der Waals surface area contributed by atoms with Gasteiger partial charge in [0, 0.05) is 16.8 Å². The number of carbonyl (C=O) groups is 1. The highest BCUT2D eigenvalue weighted by Crippen LogP contribution is 2.38. The minimum Gasteiger partial charge on any atom is -0.338 e. The van der Waals surface area contributed by atoms with Crippen LogP contribution in [0.25, 0.3) is 0 Å². The van der Waals surface area contributed by atoms with E-state index in [0.29, 0.717) is 5.91 Å². The lowest BCUT2D eigenvalue weighted by Crippen LogP contribution is -2.48. The van der Waals surface area contributed by atoms with Crippen molar-refractivity contribution in [3.8, 4) is 0 Å². The van der Waals surface area contributed by atoms with Crippen molar-refractivity contribution < 1.29 is 4.79 Å². The number of rotatable bonds is 5. The van der Waals surface area contributed by atoms with Crippen molar-refractivity contribution in [2.24, 2.45) is 5.41 Å². The molecule has 1 atom stereocenters. The van der Waals surface area contributed by atoms with Gasteiger partial charge in [0.1, 0.15) is 0 Å². The van der Waals surface area contributed by atoms with Crippen molar-refractivity contribution in [1.29, 1.82) is 0 Å². The van der Waals surface area contributed by atoms with E-state index in [9.17, 15) is 4.79 Å². The van der Waals surface area contributed by atoms with Gasteiger partial charge in [-0.2, -0.15) is 0 Å². The van der Waals surface area contributed by atoms with Crippen molar-refractivity contribution in [2.45, 2.75) is 52.5 Å². The zero-order valence-electron chi connectivity index (χ0n) is 13.7. The molecule has 2 rings (SSSR count). The molecule has 1 aliphatic rings. The Morgan fingerprint density at radius 1 is 1.43 bits per heavy atom. The lowest BCUT2D eigenvalue weighted by molar-refractivity contribution is -0.145. The Morgan fingerprint density at radius 2 is 2.10 bits per heavy atom. The Kier molecular flexibility index (Phi) is 5.44. The van der Waals surface area contributed by atoms with Gasteiger partial charge in [0.05, 0.1) is 11.5 Å². The quantitative estimate of drug-likeness (QED) is 0.898. The van der Waals surface area contributed by atoms with E-state index in [-0.39, 0.29) is 11.5 Å². The Labute approximate surface area is 132 Å². The van der Waals surface area contributed by atoms with E-state index in [1.165, 1.54) is 9.75 Å². The summed E-state index contributed by atoms with van der Waals surface area (Å²) in [7, 11) is 1.97. The summed E-state index contributed by atoms with van der Waals surface area (Å²) >= 11 is 1.79. The van der Waals surface area contributed by atoms with Crippen LogP contribution in [0.15, 0.2) is 12.1 Å². The monoisotopic (exact) mass is 308 g/mol. The zero-order valence-corrected chi connectivity index (χ0v) is 14.6. The molecule has 1 unspecified atom stereocenters. The smallest absolute Gasteiger partial charge is 0.229 e. The molecule has 118 valence electrons. The summed E-state index contributed by atoms with van der Waals surface area (Å²) in [5, 5.41) is 3.39. The van der Waals surface area contributed by atoms with Crippen molar-refractivity contribution >= 4 is 17.2 Å². The van der Waals surface area contributed by atoms with E-state index < -0.39 is 0 Å². The fourth-order valence-electron chi connectivity index (χ4n) is 3.37. The van der Waals surface area contributed by atoms with Gasteiger partial charge in [-0.1, -0.05) is 13.3 Å². The highest BCUT2D eigenvalue weighted by molar-refractivity contribution is 7.12. The van der Waals surface area contributed by atoms with Crippen LogP contribution in [0.2, 0.25) is 0 Å². The van der Waals surface area contributed by atoms with Gasteiger partial charge in [-0.3, -0.25) is 4.79 Å². The number of thiophene rings is 1. The van der Waals surface area contributed by atoms with Crippen molar-refractivity contribution in [3.05, 3.63) is 21.9 Å². The van der Waals surface area contributed by atoms with Crippen molar-refractivity contribution in [3.63, 3.8) is 0 Å². The van der Waals surface area contributed by atoms with Gasteiger partial charge >= 0.3 is 0 Å². The van der Waals surface area contributed by atoms with Crippen LogP contribution >= 0.6 is 11.3 Å². The van der Waals surface area contributed by atoms with Gasteiger partial charge in [0.2, 0.25) is 5.91 Å². The summed E-state index contributed by atoms with van der Waals surface area (Å²) in [6.07, 6.45) is 4.03. The maximum Gasteiger partial charge on any atom is 0.229 e. The SMILES string of the molecule is CCCC1(C(=O)N(C)C(C)c2ccc(C)s2)CCNCC1. The number of hydrogen-bond acceptors (Lipinski definition) is 3. The van der Waals surface area contributed by atoms with Gasteiger partial charge in [-0.15, -0.1) is 11.3 Å². The van der Waals surface area contributed by atoms with E-state index in [1.807, 2.05) is 11.9 Å². The molecular weight excluding hydrogens is 280 g/mol. The maximum absolute atomic E-state index is 13.1. The maximum atomic E-state index is 13.1. The van der Waals surface area contributed by atoms with E-state index in [4.69, 9.17) is 0 Å². The summed E-state index contributed by atoms with van der Waals surface area (Å²) < 4.78 is 0. The molecule has 0 radical (unpaired) electrons. The average molecular weight is 308 g/mol. The molecule has 4 heteroatoms. The third-order valence-electron chi connectivity index (χ3n) is 4.82. The molecule has 0 aromatic carbocycles. The van der Waals surface area contributed by atoms with Crippen LogP contribution in [0.4, 0.5) is 0 Å². The molecule has 3 nitrogen and oxygen atoms in total. The summed E-state index contributed by atoms with van der Waals surface area (Å²) in [6, 6.07) is 4.46. The molecule has 0 aliphatic carbocycles. The number of carbonyl (C=O) groups excluding carboxylic acids is 1. The Balaban J connectivity index is 2.15. The van der Waals surface area contributed by atoms with Crippen LogP contribution in [-0.4, -0.2) is 30.9 Å². The van der Waals surface area contributed by atoms with Crippen LogP contribution in [0, 0.1) is 12.3 Å². The molecule has 1 aliphatic heterocycles. The first kappa shape index (κ1) is 16.5. The second-order valence-corrected chi connectivity index (χ2v) is 7.64. The molecule has 1 saturated heterocycles. The first-order valence-electron chi connectivity index (χ1n) is 8.04. The van der Waals surface area contributed by atoms with E-state index in [0.717, 1.165) is 38.8 Å². The largest absolute Gasteiger partial charge is 0.338 e. The molecule has 0 spiro atoms. The zero-order chi connectivity index (χ0) is 15.5. The molecule has 21 heavy (non-hydrogen) atoms. The Bertz CT molecular complexity index is 471. The van der Waals surface area contributed by atoms with Crippen LogP contribution in [-0.2, 0) is 4.79 Å². The molecule has 0 bridgehead atoms. The average Bonchev–Trinajstić information content (AvgIpc) is 2.93. The van der Waals surface area contributed by atoms with Gasteiger partial charge in [-0.05, 0) is 58.3 Å². The van der Waals surface area contributed by atoms with E-state index >= 15 is 0 Å². The Hall–Kier alpha value is -0.870. The van der Waals surface area contributed by atoms with Gasteiger partial charge in [0.15, 0.2) is 0 Å². The lowest BCUT2D eigenvalue weighted by atomic mass is 9.74. The second kappa shape index (κ2) is 6.93. The number of nitrogens with zero attached hydrogens (tertiary/aromatic N) is 1. The molecule has 1 aromatic heterocycles. The molecule has 2 heterocycles. The molecule has 1 N–H and O–H groups in total. The topological polar surface area (TPSA) is 32.3 Å². The minimum absolute atomic E-state index is 0.144. The summed E-state index contributed by atoms with van der Waals surface area (Å²) in [5.74, 6) is 0.337. The van der Waals surface area contributed by atoms with Crippen LogP contribution in [0.3, 0.4) is 0 Å². The lowest BCUT2D eigenvalue weighted by Gasteiger charge is -2.40. The number of piperidine rings is 1. The second-order valence-electron chi connectivity index (χ2n) is 6.32. The minimum atomic E-state index is -0.144. The van der Waals surface area contributed by atoms with Gasteiger partial charge in [0.25, 0.3) is 0 Å². The predicted octanol–water partition coefficient (Wildman–Crippen LogP) is 3.75. The summed E-state index contributed by atoms with van der Waals surface area (Å²) in [4.78, 5) is 17.7. The van der Waals surface area contributed by atoms with E-state index in [1.54, 1.807) is 11.3 Å². The van der Waals surface area contributed by atoms with Gasteiger partial charge < -0.3 is 10.2 Å². The third kappa shape index (κ3) is 3.49. The first-order valence-corrected chi connectivity index (χ1v) is 8.86. The molecule has 1 fully saturated rings. The number of hydrogen-bond donors (Lipinski definition) is 1.